The minimum absolute atomic E-state index is 0.0585. The van der Waals surface area contributed by atoms with Crippen LogP contribution in [0.15, 0.2) is 42.5 Å². The predicted octanol–water partition coefficient (Wildman–Crippen LogP) is 2.07. The van der Waals surface area contributed by atoms with Crippen molar-refractivity contribution in [3.8, 4) is 5.75 Å². The number of rotatable bonds is 8. The van der Waals surface area contributed by atoms with E-state index in [1.54, 1.807) is 25.1 Å². The molecule has 9 heteroatoms. The zero-order valence-corrected chi connectivity index (χ0v) is 15.3. The van der Waals surface area contributed by atoms with E-state index < -0.39 is 35.7 Å². The van der Waals surface area contributed by atoms with Crippen LogP contribution in [-0.2, 0) is 9.53 Å². The van der Waals surface area contributed by atoms with E-state index in [4.69, 9.17) is 9.47 Å². The number of benzene rings is 2. The zero-order chi connectivity index (χ0) is 20.7. The molecule has 0 unspecified atom stereocenters. The Morgan fingerprint density at radius 2 is 1.86 bits per heavy atom. The van der Waals surface area contributed by atoms with Gasteiger partial charge in [-0.15, -0.1) is 0 Å². The van der Waals surface area contributed by atoms with Gasteiger partial charge in [0.1, 0.15) is 12.3 Å². The summed E-state index contributed by atoms with van der Waals surface area (Å²) in [5.74, 6) is -1.59. The van der Waals surface area contributed by atoms with Gasteiger partial charge in [0.2, 0.25) is 5.78 Å². The molecule has 28 heavy (non-hydrogen) atoms. The summed E-state index contributed by atoms with van der Waals surface area (Å²) in [4.78, 5) is 46.3. The highest BCUT2D eigenvalue weighted by atomic mass is 16.6. The van der Waals surface area contributed by atoms with Crippen molar-refractivity contribution < 1.29 is 28.8 Å². The third-order valence-corrected chi connectivity index (χ3v) is 3.84. The van der Waals surface area contributed by atoms with E-state index in [9.17, 15) is 24.5 Å². The molecule has 0 aliphatic heterocycles. The summed E-state index contributed by atoms with van der Waals surface area (Å²) in [5.41, 5.74) is 0.530. The van der Waals surface area contributed by atoms with Crippen molar-refractivity contribution in [2.45, 2.75) is 6.92 Å². The maximum atomic E-state index is 12.1. The first-order chi connectivity index (χ1) is 13.3. The van der Waals surface area contributed by atoms with Gasteiger partial charge in [-0.05, 0) is 19.1 Å². The first-order valence-corrected chi connectivity index (χ1v) is 8.18. The number of ketones is 1. The molecule has 2 aromatic rings. The summed E-state index contributed by atoms with van der Waals surface area (Å²) in [7, 11) is 1.42. The van der Waals surface area contributed by atoms with Crippen LogP contribution in [0.5, 0.6) is 5.75 Å². The van der Waals surface area contributed by atoms with E-state index in [1.807, 2.05) is 0 Å². The first-order valence-electron chi connectivity index (χ1n) is 8.18. The number of ether oxygens (including phenoxy) is 2. The van der Waals surface area contributed by atoms with Gasteiger partial charge in [-0.3, -0.25) is 24.5 Å². The molecule has 0 heterocycles. The number of carbonyl (C=O) groups excluding carboxylic acids is 3. The number of nitro groups is 1. The number of para-hydroxylation sites is 1. The van der Waals surface area contributed by atoms with Crippen LogP contribution in [0.4, 0.5) is 5.69 Å². The van der Waals surface area contributed by atoms with Gasteiger partial charge in [0.15, 0.2) is 6.61 Å². The Morgan fingerprint density at radius 1 is 1.14 bits per heavy atom. The standard InChI is InChI=1S/C19H18N2O7/c1-12-7-8-13(9-15(12)21(25)26)16(22)11-28-18(23)10-20-19(24)14-5-3-4-6-17(14)27-2/h3-9H,10-11H2,1-2H3,(H,20,24). The van der Waals surface area contributed by atoms with Crippen molar-refractivity contribution in [1.82, 2.24) is 5.32 Å². The molecule has 146 valence electrons. The molecule has 2 aromatic carbocycles. The average molecular weight is 386 g/mol. The van der Waals surface area contributed by atoms with Gasteiger partial charge in [-0.1, -0.05) is 24.3 Å². The summed E-state index contributed by atoms with van der Waals surface area (Å²) < 4.78 is 9.89. The summed E-state index contributed by atoms with van der Waals surface area (Å²) in [6.45, 7) is 0.513. The second-order valence-corrected chi connectivity index (χ2v) is 5.73. The summed E-state index contributed by atoms with van der Waals surface area (Å²) in [5, 5.41) is 13.3. The van der Waals surface area contributed by atoms with Crippen LogP contribution >= 0.6 is 0 Å². The quantitative estimate of drug-likeness (QED) is 0.319. The molecule has 0 aliphatic carbocycles. The van der Waals surface area contributed by atoms with E-state index in [1.165, 1.54) is 25.3 Å². The summed E-state index contributed by atoms with van der Waals surface area (Å²) >= 11 is 0. The molecule has 0 spiro atoms. The number of hydrogen-bond donors (Lipinski definition) is 1. The first kappa shape index (κ1) is 20.6. The number of aryl methyl sites for hydroxylation is 1. The fraction of sp³-hybridized carbons (Fsp3) is 0.211. The second kappa shape index (κ2) is 9.26. The molecule has 0 fully saturated rings. The number of esters is 1. The maximum absolute atomic E-state index is 12.1. The highest BCUT2D eigenvalue weighted by molar-refractivity contribution is 6.00. The van der Waals surface area contributed by atoms with Gasteiger partial charge in [-0.25, -0.2) is 0 Å². The molecular formula is C19H18N2O7. The Bertz CT molecular complexity index is 924. The van der Waals surface area contributed by atoms with Gasteiger partial charge in [0.25, 0.3) is 11.6 Å². The van der Waals surface area contributed by atoms with Gasteiger partial charge >= 0.3 is 5.97 Å². The van der Waals surface area contributed by atoms with Crippen LogP contribution in [0.1, 0.15) is 26.3 Å². The molecule has 0 radical (unpaired) electrons. The van der Waals surface area contributed by atoms with Crippen molar-refractivity contribution in [2.75, 3.05) is 20.3 Å². The molecule has 0 saturated heterocycles. The number of nitrogens with one attached hydrogen (secondary N) is 1. The van der Waals surface area contributed by atoms with Gasteiger partial charge in [0.05, 0.1) is 17.6 Å². The molecule has 2 rings (SSSR count). The minimum atomic E-state index is -0.821. The maximum Gasteiger partial charge on any atom is 0.325 e. The van der Waals surface area contributed by atoms with E-state index in [2.05, 4.69) is 5.32 Å². The largest absolute Gasteiger partial charge is 0.496 e. The summed E-state index contributed by atoms with van der Waals surface area (Å²) in [6.07, 6.45) is 0. The van der Waals surface area contributed by atoms with E-state index in [0.717, 1.165) is 6.07 Å². The van der Waals surface area contributed by atoms with Crippen molar-refractivity contribution in [1.29, 1.82) is 0 Å². The second-order valence-electron chi connectivity index (χ2n) is 5.73. The van der Waals surface area contributed by atoms with E-state index in [-0.39, 0.29) is 16.8 Å². The third-order valence-electron chi connectivity index (χ3n) is 3.84. The van der Waals surface area contributed by atoms with Crippen molar-refractivity contribution in [3.05, 3.63) is 69.3 Å². The molecule has 9 nitrogen and oxygen atoms in total. The number of nitro benzene ring substituents is 1. The fourth-order valence-corrected chi connectivity index (χ4v) is 2.34. The lowest BCUT2D eigenvalue weighted by atomic mass is 10.1. The molecule has 1 amide bonds. The van der Waals surface area contributed by atoms with Gasteiger partial charge in [-0.2, -0.15) is 0 Å². The Morgan fingerprint density at radius 3 is 2.54 bits per heavy atom. The number of carbonyl (C=O) groups is 3. The lowest BCUT2D eigenvalue weighted by Crippen LogP contribution is -2.31. The Balaban J connectivity index is 1.89. The molecule has 0 atom stereocenters. The lowest BCUT2D eigenvalue weighted by Gasteiger charge is -2.09. The molecule has 1 N–H and O–H groups in total. The van der Waals surface area contributed by atoms with Crippen LogP contribution < -0.4 is 10.1 Å². The van der Waals surface area contributed by atoms with Crippen LogP contribution in [0.2, 0.25) is 0 Å². The molecule has 0 aliphatic rings. The number of nitrogens with zero attached hydrogens (tertiary/aromatic N) is 1. The predicted molar refractivity (Wildman–Crippen MR) is 98.5 cm³/mol. The zero-order valence-electron chi connectivity index (χ0n) is 15.3. The summed E-state index contributed by atoms with van der Waals surface area (Å²) in [6, 6.07) is 10.5. The molecular weight excluding hydrogens is 368 g/mol. The molecule has 0 aromatic heterocycles. The highest BCUT2D eigenvalue weighted by Crippen LogP contribution is 2.19. The van der Waals surface area contributed by atoms with Crippen molar-refractivity contribution >= 4 is 23.3 Å². The number of amides is 1. The van der Waals surface area contributed by atoms with Crippen molar-refractivity contribution in [3.63, 3.8) is 0 Å². The normalized spacial score (nSPS) is 10.1. The number of methoxy groups -OCH3 is 1. The fourth-order valence-electron chi connectivity index (χ4n) is 2.34. The van der Waals surface area contributed by atoms with Gasteiger partial charge in [0, 0.05) is 17.2 Å². The van der Waals surface area contributed by atoms with E-state index >= 15 is 0 Å². The highest BCUT2D eigenvalue weighted by Gasteiger charge is 2.17. The molecule has 0 saturated carbocycles. The van der Waals surface area contributed by atoms with Crippen LogP contribution in [0.25, 0.3) is 0 Å². The number of Topliss-reactive ketones (excluding diaryl/α,β-unsaturated/α-hetero) is 1. The monoisotopic (exact) mass is 386 g/mol. The van der Waals surface area contributed by atoms with Crippen LogP contribution in [0, 0.1) is 17.0 Å². The van der Waals surface area contributed by atoms with Gasteiger partial charge < -0.3 is 14.8 Å². The van der Waals surface area contributed by atoms with E-state index in [0.29, 0.717) is 11.3 Å². The van der Waals surface area contributed by atoms with Crippen molar-refractivity contribution in [2.24, 2.45) is 0 Å². The topological polar surface area (TPSA) is 125 Å². The smallest absolute Gasteiger partial charge is 0.325 e. The lowest BCUT2D eigenvalue weighted by molar-refractivity contribution is -0.385. The van der Waals surface area contributed by atoms with Crippen LogP contribution in [0.3, 0.4) is 0 Å². The average Bonchev–Trinajstić information content (AvgIpc) is 2.70. The Kier molecular flexibility index (Phi) is 6.80. The Labute approximate surface area is 160 Å². The molecule has 0 bridgehead atoms. The minimum Gasteiger partial charge on any atom is -0.496 e. The Hall–Kier alpha value is -3.75. The SMILES string of the molecule is COc1ccccc1C(=O)NCC(=O)OCC(=O)c1ccc(C)c([N+](=O)[O-])c1. The number of hydrogen-bond acceptors (Lipinski definition) is 7. The third kappa shape index (κ3) is 5.13. The van der Waals surface area contributed by atoms with Crippen LogP contribution in [-0.4, -0.2) is 42.8 Å².